The number of halogens is 1. The maximum Gasteiger partial charge on any atom is 0.256 e. The van der Waals surface area contributed by atoms with Crippen molar-refractivity contribution in [1.82, 2.24) is 4.90 Å². The Bertz CT molecular complexity index is 511. The average Bonchev–Trinajstić information content (AvgIpc) is 2.45. The van der Waals surface area contributed by atoms with Crippen LogP contribution in [0.4, 0.5) is 4.39 Å². The van der Waals surface area contributed by atoms with Crippen LogP contribution in [0.15, 0.2) is 18.2 Å². The van der Waals surface area contributed by atoms with Gasteiger partial charge < -0.3 is 10.0 Å². The Morgan fingerprint density at radius 2 is 1.95 bits per heavy atom. The molecule has 0 aliphatic rings. The zero-order valence-electron chi connectivity index (χ0n) is 11.9. The van der Waals surface area contributed by atoms with Gasteiger partial charge in [-0.05, 0) is 31.0 Å². The number of aliphatic hydroxyl groups is 1. The molecule has 1 N–H and O–H groups in total. The van der Waals surface area contributed by atoms with E-state index in [2.05, 4.69) is 11.8 Å². The fourth-order valence-corrected chi connectivity index (χ4v) is 1.93. The van der Waals surface area contributed by atoms with Gasteiger partial charge in [0.1, 0.15) is 12.4 Å². The Hall–Kier alpha value is -1.86. The van der Waals surface area contributed by atoms with Gasteiger partial charge in [0.05, 0.1) is 5.56 Å². The van der Waals surface area contributed by atoms with Gasteiger partial charge in [-0.3, -0.25) is 4.79 Å². The molecular formula is C16H20FNO2. The molecule has 0 radical (unpaired) electrons. The Morgan fingerprint density at radius 3 is 2.50 bits per heavy atom. The molecular weight excluding hydrogens is 257 g/mol. The Kier molecular flexibility index (Phi) is 6.75. The Labute approximate surface area is 119 Å². The number of benzene rings is 1. The summed E-state index contributed by atoms with van der Waals surface area (Å²) in [6.45, 7) is 4.92. The summed E-state index contributed by atoms with van der Waals surface area (Å²) in [7, 11) is 0. The molecule has 1 amide bonds. The molecule has 1 rings (SSSR count). The maximum atomic E-state index is 13.8. The number of hydrogen-bond donors (Lipinski definition) is 1. The van der Waals surface area contributed by atoms with Crippen molar-refractivity contribution >= 4 is 5.91 Å². The van der Waals surface area contributed by atoms with E-state index in [4.69, 9.17) is 5.11 Å². The molecule has 1 aromatic rings. The molecule has 0 atom stereocenters. The van der Waals surface area contributed by atoms with Crippen molar-refractivity contribution < 1.29 is 14.3 Å². The van der Waals surface area contributed by atoms with E-state index in [-0.39, 0.29) is 18.1 Å². The minimum absolute atomic E-state index is 0.0386. The van der Waals surface area contributed by atoms with Gasteiger partial charge in [-0.15, -0.1) is 0 Å². The molecule has 3 nitrogen and oxygen atoms in total. The monoisotopic (exact) mass is 277 g/mol. The standard InChI is InChI=1S/C16H20FNO2/c1-3-9-18(10-4-2)16(20)14-12-13(6-5-11-19)7-8-15(14)17/h7-8,12,19H,3-4,9-11H2,1-2H3. The van der Waals surface area contributed by atoms with Crippen LogP contribution in [0.2, 0.25) is 0 Å². The lowest BCUT2D eigenvalue weighted by Gasteiger charge is -2.21. The third-order valence-electron chi connectivity index (χ3n) is 2.78. The molecule has 0 spiro atoms. The molecule has 0 saturated heterocycles. The van der Waals surface area contributed by atoms with Gasteiger partial charge in [0.25, 0.3) is 5.91 Å². The van der Waals surface area contributed by atoms with Crippen LogP contribution in [-0.2, 0) is 0 Å². The van der Waals surface area contributed by atoms with Crippen molar-refractivity contribution in [2.24, 2.45) is 0 Å². The number of nitrogens with zero attached hydrogens (tertiary/aromatic N) is 1. The summed E-state index contributed by atoms with van der Waals surface area (Å²) in [5.74, 6) is 4.32. The number of carbonyl (C=O) groups is 1. The average molecular weight is 277 g/mol. The number of hydrogen-bond acceptors (Lipinski definition) is 2. The van der Waals surface area contributed by atoms with Crippen LogP contribution in [0, 0.1) is 17.7 Å². The summed E-state index contributed by atoms with van der Waals surface area (Å²) in [6.07, 6.45) is 1.66. The minimum atomic E-state index is -0.540. The lowest BCUT2D eigenvalue weighted by atomic mass is 10.1. The molecule has 0 aliphatic carbocycles. The first-order valence-electron chi connectivity index (χ1n) is 6.82. The summed E-state index contributed by atoms with van der Waals surface area (Å²) >= 11 is 0. The summed E-state index contributed by atoms with van der Waals surface area (Å²) in [5.41, 5.74) is 0.563. The number of aliphatic hydroxyl groups excluding tert-OH is 1. The summed E-state index contributed by atoms with van der Waals surface area (Å²) < 4.78 is 13.8. The molecule has 0 heterocycles. The quantitative estimate of drug-likeness (QED) is 0.840. The fourth-order valence-electron chi connectivity index (χ4n) is 1.93. The highest BCUT2D eigenvalue weighted by Crippen LogP contribution is 2.13. The van der Waals surface area contributed by atoms with Crippen LogP contribution in [0.25, 0.3) is 0 Å². The molecule has 1 aromatic carbocycles. The molecule has 0 aliphatic heterocycles. The summed E-state index contributed by atoms with van der Waals surface area (Å²) in [5, 5.41) is 8.67. The first-order valence-corrected chi connectivity index (χ1v) is 6.82. The van der Waals surface area contributed by atoms with Gasteiger partial charge in [-0.25, -0.2) is 4.39 Å². The molecule has 4 heteroatoms. The van der Waals surface area contributed by atoms with E-state index in [0.29, 0.717) is 18.7 Å². The minimum Gasteiger partial charge on any atom is -0.384 e. The van der Waals surface area contributed by atoms with Crippen LogP contribution < -0.4 is 0 Å². The zero-order chi connectivity index (χ0) is 15.0. The zero-order valence-corrected chi connectivity index (χ0v) is 11.9. The predicted molar refractivity (Wildman–Crippen MR) is 76.8 cm³/mol. The van der Waals surface area contributed by atoms with Crippen LogP contribution in [-0.4, -0.2) is 35.6 Å². The molecule has 0 unspecified atom stereocenters. The molecule has 108 valence electrons. The van der Waals surface area contributed by atoms with Gasteiger partial charge in [0, 0.05) is 18.7 Å². The van der Waals surface area contributed by atoms with Crippen molar-refractivity contribution in [2.45, 2.75) is 26.7 Å². The lowest BCUT2D eigenvalue weighted by Crippen LogP contribution is -2.33. The fraction of sp³-hybridized carbons (Fsp3) is 0.438. The van der Waals surface area contributed by atoms with Gasteiger partial charge in [-0.2, -0.15) is 0 Å². The van der Waals surface area contributed by atoms with E-state index in [9.17, 15) is 9.18 Å². The van der Waals surface area contributed by atoms with E-state index < -0.39 is 5.82 Å². The maximum absolute atomic E-state index is 13.8. The second kappa shape index (κ2) is 8.34. The van der Waals surface area contributed by atoms with E-state index in [1.54, 1.807) is 4.90 Å². The third-order valence-corrected chi connectivity index (χ3v) is 2.78. The predicted octanol–water partition coefficient (Wildman–Crippen LogP) is 2.43. The van der Waals surface area contributed by atoms with Crippen molar-refractivity contribution in [3.05, 3.63) is 35.1 Å². The Morgan fingerprint density at radius 1 is 1.30 bits per heavy atom. The van der Waals surface area contributed by atoms with Gasteiger partial charge in [-0.1, -0.05) is 25.7 Å². The van der Waals surface area contributed by atoms with Crippen molar-refractivity contribution in [3.63, 3.8) is 0 Å². The summed E-state index contributed by atoms with van der Waals surface area (Å²) in [4.78, 5) is 14.0. The van der Waals surface area contributed by atoms with Crippen molar-refractivity contribution in [1.29, 1.82) is 0 Å². The van der Waals surface area contributed by atoms with Crippen molar-refractivity contribution in [2.75, 3.05) is 19.7 Å². The second-order valence-electron chi connectivity index (χ2n) is 4.45. The van der Waals surface area contributed by atoms with Gasteiger partial charge in [0.2, 0.25) is 0 Å². The molecule has 20 heavy (non-hydrogen) atoms. The highest BCUT2D eigenvalue weighted by molar-refractivity contribution is 5.94. The number of carbonyl (C=O) groups excluding carboxylic acids is 1. The van der Waals surface area contributed by atoms with Crippen LogP contribution in [0.3, 0.4) is 0 Å². The first kappa shape index (κ1) is 16.2. The molecule has 0 bridgehead atoms. The van der Waals surface area contributed by atoms with Gasteiger partial charge in [0.15, 0.2) is 0 Å². The topological polar surface area (TPSA) is 40.5 Å². The second-order valence-corrected chi connectivity index (χ2v) is 4.45. The first-order chi connectivity index (χ1) is 9.63. The van der Waals surface area contributed by atoms with E-state index >= 15 is 0 Å². The van der Waals surface area contributed by atoms with Crippen LogP contribution in [0.5, 0.6) is 0 Å². The van der Waals surface area contributed by atoms with E-state index in [1.165, 1.54) is 18.2 Å². The largest absolute Gasteiger partial charge is 0.384 e. The van der Waals surface area contributed by atoms with Gasteiger partial charge >= 0.3 is 0 Å². The van der Waals surface area contributed by atoms with Crippen LogP contribution >= 0.6 is 0 Å². The summed E-state index contributed by atoms with van der Waals surface area (Å²) in [6, 6.07) is 4.18. The molecule has 0 aromatic heterocycles. The normalized spacial score (nSPS) is 9.80. The SMILES string of the molecule is CCCN(CCC)C(=O)c1cc(C#CCO)ccc1F. The molecule has 0 saturated carbocycles. The lowest BCUT2D eigenvalue weighted by molar-refractivity contribution is 0.0751. The number of amides is 1. The highest BCUT2D eigenvalue weighted by Gasteiger charge is 2.18. The smallest absolute Gasteiger partial charge is 0.256 e. The number of rotatable bonds is 5. The molecule has 0 fully saturated rings. The Balaban J connectivity index is 3.06. The highest BCUT2D eigenvalue weighted by atomic mass is 19.1. The van der Waals surface area contributed by atoms with E-state index in [1.807, 2.05) is 13.8 Å². The van der Waals surface area contributed by atoms with Crippen LogP contribution in [0.1, 0.15) is 42.6 Å². The van der Waals surface area contributed by atoms with E-state index in [0.717, 1.165) is 12.8 Å². The third kappa shape index (κ3) is 4.36. The van der Waals surface area contributed by atoms with Crippen molar-refractivity contribution in [3.8, 4) is 11.8 Å².